The Morgan fingerprint density at radius 3 is 1.89 bits per heavy atom. The molecule has 5 heteroatoms. The number of carbonyl (C=O) groups excluding carboxylic acids is 3. The molecule has 0 aliphatic carbocycles. The van der Waals surface area contributed by atoms with Crippen molar-refractivity contribution < 1.29 is 23.9 Å². The van der Waals surface area contributed by atoms with Crippen molar-refractivity contribution in [1.29, 1.82) is 0 Å². The first kappa shape index (κ1) is 16.4. The average molecular weight is 256 g/mol. The summed E-state index contributed by atoms with van der Waals surface area (Å²) in [4.78, 5) is 34.2. The lowest BCUT2D eigenvalue weighted by molar-refractivity contribution is -0.163. The monoisotopic (exact) mass is 256 g/mol. The van der Waals surface area contributed by atoms with Gasteiger partial charge in [-0.3, -0.25) is 9.59 Å². The normalized spacial score (nSPS) is 11.8. The van der Waals surface area contributed by atoms with E-state index in [0.29, 0.717) is 11.9 Å². The number of rotatable bonds is 8. The summed E-state index contributed by atoms with van der Waals surface area (Å²) in [6, 6.07) is 0. The van der Waals surface area contributed by atoms with Crippen LogP contribution in [0.4, 0.5) is 0 Å². The third kappa shape index (κ3) is 4.69. The Morgan fingerprint density at radius 2 is 1.61 bits per heavy atom. The molecule has 0 heterocycles. The smallest absolute Gasteiger partial charge is 0.320 e. The molecule has 0 aromatic heterocycles. The molecule has 0 bridgehead atoms. The summed E-state index contributed by atoms with van der Waals surface area (Å²) < 4.78 is 9.70. The van der Waals surface area contributed by atoms with Crippen molar-refractivity contribution in [2.45, 2.75) is 27.2 Å². The summed E-state index contributed by atoms with van der Waals surface area (Å²) in [5.41, 5.74) is 0.577. The molecule has 0 aromatic rings. The van der Waals surface area contributed by atoms with Gasteiger partial charge in [-0.25, -0.2) is 0 Å². The van der Waals surface area contributed by atoms with E-state index in [9.17, 15) is 14.4 Å². The van der Waals surface area contributed by atoms with E-state index >= 15 is 0 Å². The summed E-state index contributed by atoms with van der Waals surface area (Å²) >= 11 is 0. The Labute approximate surface area is 107 Å². The highest BCUT2D eigenvalue weighted by Gasteiger charge is 2.37. The fourth-order valence-electron chi connectivity index (χ4n) is 1.61. The van der Waals surface area contributed by atoms with Crippen LogP contribution in [-0.4, -0.2) is 31.4 Å². The zero-order chi connectivity index (χ0) is 14.1. The summed E-state index contributed by atoms with van der Waals surface area (Å²) in [6.07, 6.45) is 0.697. The van der Waals surface area contributed by atoms with Crippen LogP contribution in [-0.2, 0) is 23.9 Å². The molecular weight excluding hydrogens is 236 g/mol. The van der Waals surface area contributed by atoms with Crippen LogP contribution < -0.4 is 0 Å². The maximum Gasteiger partial charge on any atom is 0.320 e. The lowest BCUT2D eigenvalue weighted by atomic mass is 9.85. The highest BCUT2D eigenvalue weighted by Crippen LogP contribution is 2.25. The first-order valence-electron chi connectivity index (χ1n) is 5.91. The SMILES string of the molecule is C=C(C)[C@H](CC=O)C(C(=O)OCC)C(=O)OCC. The molecule has 0 aliphatic heterocycles. The summed E-state index contributed by atoms with van der Waals surface area (Å²) in [5, 5.41) is 0. The Morgan fingerprint density at radius 1 is 1.17 bits per heavy atom. The molecule has 0 N–H and O–H groups in total. The van der Waals surface area contributed by atoms with Gasteiger partial charge in [-0.2, -0.15) is 0 Å². The number of hydrogen-bond acceptors (Lipinski definition) is 5. The number of esters is 2. The lowest BCUT2D eigenvalue weighted by Gasteiger charge is -2.22. The van der Waals surface area contributed by atoms with Gasteiger partial charge in [0.1, 0.15) is 6.29 Å². The predicted octanol–water partition coefficient (Wildman–Crippen LogP) is 1.51. The van der Waals surface area contributed by atoms with E-state index in [0.717, 1.165) is 0 Å². The van der Waals surface area contributed by atoms with Crippen LogP contribution in [0.2, 0.25) is 0 Å². The molecule has 0 saturated carbocycles. The highest BCUT2D eigenvalue weighted by atomic mass is 16.6. The molecule has 0 rings (SSSR count). The molecule has 5 nitrogen and oxygen atoms in total. The van der Waals surface area contributed by atoms with Crippen LogP contribution in [0, 0.1) is 11.8 Å². The van der Waals surface area contributed by atoms with E-state index in [1.807, 2.05) is 0 Å². The van der Waals surface area contributed by atoms with Gasteiger partial charge in [-0.15, -0.1) is 0 Å². The molecule has 102 valence electrons. The molecular formula is C13H20O5. The fourth-order valence-corrected chi connectivity index (χ4v) is 1.61. The van der Waals surface area contributed by atoms with Crippen molar-refractivity contribution in [3.05, 3.63) is 12.2 Å². The maximum atomic E-state index is 11.8. The third-order valence-electron chi connectivity index (χ3n) is 2.47. The third-order valence-corrected chi connectivity index (χ3v) is 2.47. The van der Waals surface area contributed by atoms with Crippen LogP contribution in [0.3, 0.4) is 0 Å². The standard InChI is InChI=1S/C13H20O5/c1-5-17-12(15)11(13(16)18-6-2)10(7-8-14)9(3)4/h8,10-11H,3,5-7H2,1-2,4H3/t10-/m0/s1. The molecule has 0 aromatic carbocycles. The molecule has 0 saturated heterocycles. The minimum atomic E-state index is -1.12. The Hall–Kier alpha value is -1.65. The molecule has 0 unspecified atom stereocenters. The first-order valence-corrected chi connectivity index (χ1v) is 5.91. The maximum absolute atomic E-state index is 11.8. The Balaban J connectivity index is 5.14. The van der Waals surface area contributed by atoms with Crippen LogP contribution in [0.25, 0.3) is 0 Å². The summed E-state index contributed by atoms with van der Waals surface area (Å²) in [7, 11) is 0. The molecule has 0 spiro atoms. The minimum Gasteiger partial charge on any atom is -0.465 e. The van der Waals surface area contributed by atoms with Crippen molar-refractivity contribution in [3.63, 3.8) is 0 Å². The summed E-state index contributed by atoms with van der Waals surface area (Å²) in [6.45, 7) is 9.00. The minimum absolute atomic E-state index is 0.0393. The molecule has 0 amide bonds. The van der Waals surface area contributed by atoms with Gasteiger partial charge in [-0.1, -0.05) is 12.2 Å². The largest absolute Gasteiger partial charge is 0.465 e. The quantitative estimate of drug-likeness (QED) is 0.285. The fraction of sp³-hybridized carbons (Fsp3) is 0.615. The van der Waals surface area contributed by atoms with Crippen LogP contribution in [0.1, 0.15) is 27.2 Å². The molecule has 0 aliphatic rings. The predicted molar refractivity (Wildman–Crippen MR) is 65.7 cm³/mol. The second kappa shape index (κ2) is 8.44. The van der Waals surface area contributed by atoms with Crippen molar-refractivity contribution >= 4 is 18.2 Å². The van der Waals surface area contributed by atoms with Gasteiger partial charge in [0.15, 0.2) is 5.92 Å². The number of aldehydes is 1. The second-order valence-corrected chi connectivity index (χ2v) is 3.84. The zero-order valence-electron chi connectivity index (χ0n) is 11.1. The van der Waals surface area contributed by atoms with Crippen molar-refractivity contribution in [2.75, 3.05) is 13.2 Å². The van der Waals surface area contributed by atoms with Crippen LogP contribution in [0.15, 0.2) is 12.2 Å². The number of ether oxygens (including phenoxy) is 2. The molecule has 1 atom stereocenters. The molecule has 0 fully saturated rings. The zero-order valence-corrected chi connectivity index (χ0v) is 11.1. The van der Waals surface area contributed by atoms with Crippen molar-refractivity contribution in [3.8, 4) is 0 Å². The number of allylic oxidation sites excluding steroid dienone is 1. The molecule has 18 heavy (non-hydrogen) atoms. The number of carbonyl (C=O) groups is 3. The van der Waals surface area contributed by atoms with E-state index < -0.39 is 23.8 Å². The average Bonchev–Trinajstić information content (AvgIpc) is 2.29. The van der Waals surface area contributed by atoms with E-state index in [1.165, 1.54) is 0 Å². The van der Waals surface area contributed by atoms with Gasteiger partial charge < -0.3 is 14.3 Å². The van der Waals surface area contributed by atoms with Crippen molar-refractivity contribution in [1.82, 2.24) is 0 Å². The second-order valence-electron chi connectivity index (χ2n) is 3.84. The topological polar surface area (TPSA) is 69.7 Å². The summed E-state index contributed by atoms with van der Waals surface area (Å²) in [5.74, 6) is -3.05. The Bertz CT molecular complexity index is 303. The van der Waals surface area contributed by atoms with Gasteiger partial charge in [0.2, 0.25) is 0 Å². The van der Waals surface area contributed by atoms with Crippen LogP contribution >= 0.6 is 0 Å². The van der Waals surface area contributed by atoms with Gasteiger partial charge >= 0.3 is 11.9 Å². The Kier molecular flexibility index (Phi) is 7.67. The van der Waals surface area contributed by atoms with Gasteiger partial charge in [-0.05, 0) is 20.8 Å². The lowest BCUT2D eigenvalue weighted by Crippen LogP contribution is -2.35. The highest BCUT2D eigenvalue weighted by molar-refractivity contribution is 5.96. The van der Waals surface area contributed by atoms with Gasteiger partial charge in [0, 0.05) is 12.3 Å². The van der Waals surface area contributed by atoms with E-state index in [4.69, 9.17) is 9.47 Å². The molecule has 0 radical (unpaired) electrons. The van der Waals surface area contributed by atoms with E-state index in [2.05, 4.69) is 6.58 Å². The number of hydrogen-bond donors (Lipinski definition) is 0. The first-order chi connectivity index (χ1) is 8.49. The van der Waals surface area contributed by atoms with Crippen molar-refractivity contribution in [2.24, 2.45) is 11.8 Å². The van der Waals surface area contributed by atoms with Gasteiger partial charge in [0.05, 0.1) is 13.2 Å². The van der Waals surface area contributed by atoms with Crippen LogP contribution in [0.5, 0.6) is 0 Å². The van der Waals surface area contributed by atoms with Gasteiger partial charge in [0.25, 0.3) is 0 Å². The van der Waals surface area contributed by atoms with E-state index in [-0.39, 0.29) is 19.6 Å². The van der Waals surface area contributed by atoms with E-state index in [1.54, 1.807) is 20.8 Å².